The monoisotopic (exact) mass is 408 g/mol. The van der Waals surface area contributed by atoms with Crippen molar-refractivity contribution in [3.05, 3.63) is 31.0 Å². The van der Waals surface area contributed by atoms with E-state index in [2.05, 4.69) is 20.3 Å². The van der Waals surface area contributed by atoms with Crippen LogP contribution in [-0.4, -0.2) is 55.1 Å². The highest BCUT2D eigenvalue weighted by atomic mass is 16.7. The number of rotatable bonds is 6. The van der Waals surface area contributed by atoms with Crippen molar-refractivity contribution in [3.63, 3.8) is 0 Å². The predicted octanol–water partition coefficient (Wildman–Crippen LogP) is 2.43. The third kappa shape index (κ3) is 3.48. The fraction of sp³-hybridized carbons (Fsp3) is 0.524. The molecule has 9 nitrogen and oxygen atoms in total. The van der Waals surface area contributed by atoms with Gasteiger partial charge >= 0.3 is 0 Å². The molecule has 0 amide bonds. The van der Waals surface area contributed by atoms with Gasteiger partial charge in [-0.2, -0.15) is 0 Å². The summed E-state index contributed by atoms with van der Waals surface area (Å²) < 4.78 is 21.6. The van der Waals surface area contributed by atoms with Gasteiger partial charge in [0.15, 0.2) is 6.29 Å². The zero-order valence-electron chi connectivity index (χ0n) is 16.9. The second kappa shape index (κ2) is 6.88. The number of aromatic nitrogens is 6. The van der Waals surface area contributed by atoms with E-state index in [9.17, 15) is 0 Å². The Morgan fingerprint density at radius 2 is 2.03 bits per heavy atom. The van der Waals surface area contributed by atoms with Gasteiger partial charge in [0, 0.05) is 24.2 Å². The molecule has 6 rings (SSSR count). The quantitative estimate of drug-likeness (QED) is 0.619. The molecule has 30 heavy (non-hydrogen) atoms. The van der Waals surface area contributed by atoms with Crippen molar-refractivity contribution in [1.82, 2.24) is 29.5 Å². The second-order valence-electron chi connectivity index (χ2n) is 8.66. The van der Waals surface area contributed by atoms with Crippen LogP contribution in [-0.2, 0) is 23.1 Å². The van der Waals surface area contributed by atoms with Crippen LogP contribution in [0.15, 0.2) is 31.0 Å². The zero-order chi connectivity index (χ0) is 20.1. The van der Waals surface area contributed by atoms with Gasteiger partial charge in [-0.15, -0.1) is 5.10 Å². The van der Waals surface area contributed by atoms with Crippen molar-refractivity contribution in [2.45, 2.75) is 44.6 Å². The molecule has 0 radical (unpaired) electrons. The summed E-state index contributed by atoms with van der Waals surface area (Å²) in [5.41, 5.74) is 3.61. The minimum absolute atomic E-state index is 0.251. The molecule has 3 aliphatic rings. The minimum Gasteiger partial charge on any atom is -0.488 e. The molecule has 0 unspecified atom stereocenters. The summed E-state index contributed by atoms with van der Waals surface area (Å²) in [6.07, 6.45) is 11.8. The SMILES string of the molecule is Cn1cncc1-c1cnc(-c2cn(CC3OCC4(CC4)CO3)nn2)c(OC2CC2)c1. The van der Waals surface area contributed by atoms with Crippen LogP contribution in [0.1, 0.15) is 25.7 Å². The fourth-order valence-electron chi connectivity index (χ4n) is 3.72. The Hall–Kier alpha value is -2.78. The molecule has 1 aliphatic heterocycles. The van der Waals surface area contributed by atoms with Gasteiger partial charge in [0.2, 0.25) is 0 Å². The molecular formula is C21H24N6O3. The Morgan fingerprint density at radius 1 is 1.20 bits per heavy atom. The summed E-state index contributed by atoms with van der Waals surface area (Å²) in [4.78, 5) is 8.87. The first-order valence-corrected chi connectivity index (χ1v) is 10.4. The van der Waals surface area contributed by atoms with Gasteiger partial charge in [-0.1, -0.05) is 5.21 Å². The molecule has 2 aliphatic carbocycles. The number of aryl methyl sites for hydroxylation is 1. The molecule has 0 bridgehead atoms. The molecule has 9 heteroatoms. The number of hydrogen-bond acceptors (Lipinski definition) is 7. The Kier molecular flexibility index (Phi) is 4.14. The van der Waals surface area contributed by atoms with E-state index in [0.29, 0.717) is 23.3 Å². The standard InChI is InChI=1S/C21H24N6O3/c1-26-13-22-8-17(26)14-6-18(30-15-2-3-15)20(23-7-14)16-9-27(25-24-16)10-19-28-11-21(4-5-21)12-29-19/h6-9,13,15,19H,2-5,10-12H2,1H3. The van der Waals surface area contributed by atoms with Gasteiger partial charge in [-0.05, 0) is 31.7 Å². The van der Waals surface area contributed by atoms with Crippen molar-refractivity contribution < 1.29 is 14.2 Å². The van der Waals surface area contributed by atoms with Crippen LogP contribution in [0.25, 0.3) is 22.6 Å². The summed E-state index contributed by atoms with van der Waals surface area (Å²) in [7, 11) is 1.96. The lowest BCUT2D eigenvalue weighted by molar-refractivity contribution is -0.213. The van der Waals surface area contributed by atoms with Crippen molar-refractivity contribution in [2.24, 2.45) is 12.5 Å². The van der Waals surface area contributed by atoms with Crippen molar-refractivity contribution in [1.29, 1.82) is 0 Å². The highest BCUT2D eigenvalue weighted by Crippen LogP contribution is 2.48. The first kappa shape index (κ1) is 18.0. The predicted molar refractivity (Wildman–Crippen MR) is 106 cm³/mol. The summed E-state index contributed by atoms with van der Waals surface area (Å²) in [5.74, 6) is 0.726. The van der Waals surface area contributed by atoms with Gasteiger partial charge in [0.05, 0.1) is 50.3 Å². The molecule has 1 saturated heterocycles. The number of nitrogens with zero attached hydrogens (tertiary/aromatic N) is 6. The van der Waals surface area contributed by atoms with Crippen molar-refractivity contribution in [3.8, 4) is 28.4 Å². The Labute approximate surface area is 174 Å². The Bertz CT molecular complexity index is 1060. The van der Waals surface area contributed by atoms with Crippen LogP contribution in [0.2, 0.25) is 0 Å². The summed E-state index contributed by atoms with van der Waals surface area (Å²) in [6.45, 7) is 2.06. The third-order valence-electron chi connectivity index (χ3n) is 6.01. The third-order valence-corrected chi connectivity index (χ3v) is 6.01. The summed E-state index contributed by atoms with van der Waals surface area (Å²) in [6, 6.07) is 2.01. The normalized spacial score (nSPS) is 20.6. The molecule has 3 aromatic rings. The van der Waals surface area contributed by atoms with E-state index in [1.54, 1.807) is 11.0 Å². The highest BCUT2D eigenvalue weighted by Gasteiger charge is 2.47. The largest absolute Gasteiger partial charge is 0.488 e. The van der Waals surface area contributed by atoms with E-state index in [0.717, 1.165) is 43.1 Å². The number of pyridine rings is 1. The molecule has 1 spiro atoms. The van der Waals surface area contributed by atoms with Crippen molar-refractivity contribution >= 4 is 0 Å². The van der Waals surface area contributed by atoms with E-state index >= 15 is 0 Å². The van der Waals surface area contributed by atoms with E-state index in [1.807, 2.05) is 36.3 Å². The zero-order valence-corrected chi connectivity index (χ0v) is 16.9. The van der Waals surface area contributed by atoms with Gasteiger partial charge < -0.3 is 18.8 Å². The van der Waals surface area contributed by atoms with Crippen LogP contribution < -0.4 is 4.74 Å². The lowest BCUT2D eigenvalue weighted by Gasteiger charge is -2.29. The first-order chi connectivity index (χ1) is 14.7. The molecule has 156 valence electrons. The summed E-state index contributed by atoms with van der Waals surface area (Å²) in [5, 5.41) is 8.59. The van der Waals surface area contributed by atoms with Crippen LogP contribution in [0.5, 0.6) is 5.75 Å². The molecular weight excluding hydrogens is 384 g/mol. The van der Waals surface area contributed by atoms with Gasteiger partial charge in [-0.25, -0.2) is 14.6 Å². The Balaban J connectivity index is 1.24. The lowest BCUT2D eigenvalue weighted by atomic mass is 10.1. The number of hydrogen-bond donors (Lipinski definition) is 0. The summed E-state index contributed by atoms with van der Waals surface area (Å²) >= 11 is 0. The molecule has 0 aromatic carbocycles. The van der Waals surface area contributed by atoms with Gasteiger partial charge in [0.25, 0.3) is 0 Å². The van der Waals surface area contributed by atoms with Crippen molar-refractivity contribution in [2.75, 3.05) is 13.2 Å². The minimum atomic E-state index is -0.284. The van der Waals surface area contributed by atoms with E-state index in [1.165, 1.54) is 12.8 Å². The van der Waals surface area contributed by atoms with Crippen LogP contribution in [0.4, 0.5) is 0 Å². The fourth-order valence-corrected chi connectivity index (χ4v) is 3.72. The molecule has 3 fully saturated rings. The van der Waals surface area contributed by atoms with E-state index in [-0.39, 0.29) is 12.4 Å². The highest BCUT2D eigenvalue weighted by molar-refractivity contribution is 5.68. The molecule has 4 heterocycles. The maximum absolute atomic E-state index is 6.16. The number of ether oxygens (including phenoxy) is 3. The van der Waals surface area contributed by atoms with Gasteiger partial charge in [-0.3, -0.25) is 0 Å². The maximum atomic E-state index is 6.16. The first-order valence-electron chi connectivity index (χ1n) is 10.4. The average Bonchev–Trinajstić information content (AvgIpc) is 3.63. The van der Waals surface area contributed by atoms with Crippen LogP contribution in [0.3, 0.4) is 0 Å². The molecule has 2 saturated carbocycles. The molecule has 3 aromatic heterocycles. The van der Waals surface area contributed by atoms with Crippen LogP contribution in [0, 0.1) is 5.41 Å². The maximum Gasteiger partial charge on any atom is 0.177 e. The molecule has 0 N–H and O–H groups in total. The van der Waals surface area contributed by atoms with Gasteiger partial charge in [0.1, 0.15) is 17.1 Å². The van der Waals surface area contributed by atoms with E-state index in [4.69, 9.17) is 14.2 Å². The molecule has 0 atom stereocenters. The Morgan fingerprint density at radius 3 is 2.73 bits per heavy atom. The lowest BCUT2D eigenvalue weighted by Crippen LogP contribution is -2.36. The second-order valence-corrected chi connectivity index (χ2v) is 8.66. The topological polar surface area (TPSA) is 89.1 Å². The van der Waals surface area contributed by atoms with Crippen LogP contribution >= 0.6 is 0 Å². The van der Waals surface area contributed by atoms with E-state index < -0.39 is 0 Å². The number of imidazole rings is 1. The smallest absolute Gasteiger partial charge is 0.177 e. The average molecular weight is 408 g/mol.